The van der Waals surface area contributed by atoms with Crippen molar-refractivity contribution in [3.05, 3.63) is 28.4 Å². The molecule has 1 aromatic heterocycles. The molecule has 0 spiro atoms. The molecule has 0 radical (unpaired) electrons. The second-order valence-corrected chi connectivity index (χ2v) is 2.00. The average Bonchev–Trinajstić information content (AvgIpc) is 1.88. The van der Waals surface area contributed by atoms with Crippen molar-refractivity contribution in [3.63, 3.8) is 0 Å². The van der Waals surface area contributed by atoms with Crippen molar-refractivity contribution in [3.8, 4) is 0 Å². The van der Waals surface area contributed by atoms with Gasteiger partial charge >= 0.3 is 0 Å². The highest BCUT2D eigenvalue weighted by molar-refractivity contribution is 4.91. The molecule has 0 aliphatic rings. The molecule has 0 bridgehead atoms. The Morgan fingerprint density at radius 2 is 2.50 bits per heavy atom. The molecule has 0 unspecified atom stereocenters. The Balaban J connectivity index is 3.07. The molecule has 10 heavy (non-hydrogen) atoms. The van der Waals surface area contributed by atoms with E-state index in [1.54, 1.807) is 0 Å². The Bertz CT molecular complexity index is 266. The summed E-state index contributed by atoms with van der Waals surface area (Å²) in [5.74, 6) is 0.299. The molecule has 4 nitrogen and oxygen atoms in total. The van der Waals surface area contributed by atoms with Crippen LogP contribution >= 0.6 is 0 Å². The Kier molecular flexibility index (Phi) is 1.82. The van der Waals surface area contributed by atoms with Crippen LogP contribution in [0.1, 0.15) is 18.9 Å². The van der Waals surface area contributed by atoms with E-state index in [1.807, 2.05) is 0 Å². The van der Waals surface area contributed by atoms with Crippen LogP contribution in [0.25, 0.3) is 0 Å². The third-order valence-electron chi connectivity index (χ3n) is 1.09. The van der Waals surface area contributed by atoms with E-state index in [-0.39, 0.29) is 5.56 Å². The summed E-state index contributed by atoms with van der Waals surface area (Å²) in [6.45, 7) is 1.54. The van der Waals surface area contributed by atoms with E-state index in [0.717, 1.165) is 0 Å². The number of rotatable bonds is 1. The van der Waals surface area contributed by atoms with Crippen LogP contribution in [-0.4, -0.2) is 15.1 Å². The predicted molar refractivity (Wildman–Crippen MR) is 35.5 cm³/mol. The summed E-state index contributed by atoms with van der Waals surface area (Å²) in [6.07, 6.45) is 0.648. The molecule has 1 heterocycles. The SMILES string of the molecule is C[C@@H](O)c1nccc(=O)[nH]1. The number of aromatic amines is 1. The Labute approximate surface area is 57.6 Å². The van der Waals surface area contributed by atoms with E-state index in [1.165, 1.54) is 19.2 Å². The summed E-state index contributed by atoms with van der Waals surface area (Å²) in [6, 6.07) is 1.30. The van der Waals surface area contributed by atoms with Crippen LogP contribution in [0.3, 0.4) is 0 Å². The lowest BCUT2D eigenvalue weighted by Crippen LogP contribution is -2.10. The highest BCUT2D eigenvalue weighted by Crippen LogP contribution is 1.99. The van der Waals surface area contributed by atoms with Crippen molar-refractivity contribution in [2.75, 3.05) is 0 Å². The van der Waals surface area contributed by atoms with Gasteiger partial charge in [-0.05, 0) is 6.92 Å². The zero-order chi connectivity index (χ0) is 7.56. The molecule has 0 amide bonds. The first kappa shape index (κ1) is 6.95. The van der Waals surface area contributed by atoms with Gasteiger partial charge in [-0.25, -0.2) is 4.98 Å². The number of aliphatic hydroxyl groups is 1. The molecular formula is C6H8N2O2. The third kappa shape index (κ3) is 1.41. The van der Waals surface area contributed by atoms with Crippen molar-refractivity contribution < 1.29 is 5.11 Å². The lowest BCUT2D eigenvalue weighted by molar-refractivity contribution is 0.188. The third-order valence-corrected chi connectivity index (χ3v) is 1.09. The summed E-state index contributed by atoms with van der Waals surface area (Å²) in [7, 11) is 0. The normalized spacial score (nSPS) is 13.0. The van der Waals surface area contributed by atoms with Crippen LogP contribution in [0, 0.1) is 0 Å². The van der Waals surface area contributed by atoms with E-state index in [9.17, 15) is 4.79 Å². The average molecular weight is 140 g/mol. The maximum Gasteiger partial charge on any atom is 0.250 e. The molecule has 1 rings (SSSR count). The van der Waals surface area contributed by atoms with Gasteiger partial charge < -0.3 is 10.1 Å². The standard InChI is InChI=1S/C6H8N2O2/c1-4(9)6-7-3-2-5(10)8-6/h2-4,9H,1H3,(H,7,8,10)/t4-/m1/s1. The van der Waals surface area contributed by atoms with Gasteiger partial charge in [-0.1, -0.05) is 0 Å². The topological polar surface area (TPSA) is 66.0 Å². The molecule has 54 valence electrons. The number of aliphatic hydroxyl groups excluding tert-OH is 1. The van der Waals surface area contributed by atoms with Crippen molar-refractivity contribution >= 4 is 0 Å². The smallest absolute Gasteiger partial charge is 0.250 e. The molecule has 0 fully saturated rings. The summed E-state index contributed by atoms with van der Waals surface area (Å²) in [5, 5.41) is 8.92. The Morgan fingerprint density at radius 3 is 2.90 bits per heavy atom. The first-order valence-corrected chi connectivity index (χ1v) is 2.93. The second-order valence-electron chi connectivity index (χ2n) is 2.00. The van der Waals surface area contributed by atoms with Crippen molar-refractivity contribution in [2.24, 2.45) is 0 Å². The number of nitrogens with zero attached hydrogens (tertiary/aromatic N) is 1. The minimum absolute atomic E-state index is 0.245. The fourth-order valence-corrected chi connectivity index (χ4v) is 0.598. The minimum Gasteiger partial charge on any atom is -0.385 e. The molecule has 0 saturated carbocycles. The van der Waals surface area contributed by atoms with Gasteiger partial charge in [0.05, 0.1) is 0 Å². The zero-order valence-electron chi connectivity index (χ0n) is 5.53. The summed E-state index contributed by atoms with van der Waals surface area (Å²) in [4.78, 5) is 16.7. The minimum atomic E-state index is -0.714. The highest BCUT2D eigenvalue weighted by atomic mass is 16.3. The van der Waals surface area contributed by atoms with Crippen LogP contribution in [0.15, 0.2) is 17.1 Å². The van der Waals surface area contributed by atoms with Crippen LogP contribution in [0.2, 0.25) is 0 Å². The number of hydrogen-bond donors (Lipinski definition) is 2. The first-order chi connectivity index (χ1) is 4.70. The van der Waals surface area contributed by atoms with E-state index in [4.69, 9.17) is 5.11 Å². The van der Waals surface area contributed by atoms with Crippen LogP contribution in [0.5, 0.6) is 0 Å². The van der Waals surface area contributed by atoms with Crippen LogP contribution in [0.4, 0.5) is 0 Å². The van der Waals surface area contributed by atoms with E-state index >= 15 is 0 Å². The molecular weight excluding hydrogens is 132 g/mol. The Morgan fingerprint density at radius 1 is 1.80 bits per heavy atom. The van der Waals surface area contributed by atoms with Gasteiger partial charge in [0.2, 0.25) is 0 Å². The number of aromatic nitrogens is 2. The fourth-order valence-electron chi connectivity index (χ4n) is 0.598. The molecule has 1 aromatic rings. The highest BCUT2D eigenvalue weighted by Gasteiger charge is 2.00. The van der Waals surface area contributed by atoms with Gasteiger partial charge in [0.15, 0.2) is 0 Å². The monoisotopic (exact) mass is 140 g/mol. The summed E-state index contributed by atoms with van der Waals surface area (Å²) < 4.78 is 0. The van der Waals surface area contributed by atoms with E-state index < -0.39 is 6.10 Å². The zero-order valence-corrected chi connectivity index (χ0v) is 5.53. The predicted octanol–water partition coefficient (Wildman–Crippen LogP) is -0.177. The number of H-pyrrole nitrogens is 1. The molecule has 1 atom stereocenters. The van der Waals surface area contributed by atoms with Gasteiger partial charge in [0.25, 0.3) is 5.56 Å². The lowest BCUT2D eigenvalue weighted by atomic mass is 10.4. The van der Waals surface area contributed by atoms with Crippen molar-refractivity contribution in [2.45, 2.75) is 13.0 Å². The lowest BCUT2D eigenvalue weighted by Gasteiger charge is -1.99. The van der Waals surface area contributed by atoms with Crippen molar-refractivity contribution in [1.82, 2.24) is 9.97 Å². The maximum absolute atomic E-state index is 10.6. The van der Waals surface area contributed by atoms with Gasteiger partial charge in [-0.3, -0.25) is 4.79 Å². The van der Waals surface area contributed by atoms with Gasteiger partial charge in [-0.2, -0.15) is 0 Å². The van der Waals surface area contributed by atoms with Crippen LogP contribution in [-0.2, 0) is 0 Å². The molecule has 0 aliphatic carbocycles. The van der Waals surface area contributed by atoms with E-state index in [0.29, 0.717) is 5.82 Å². The van der Waals surface area contributed by atoms with Crippen LogP contribution < -0.4 is 5.56 Å². The van der Waals surface area contributed by atoms with Gasteiger partial charge in [0.1, 0.15) is 11.9 Å². The van der Waals surface area contributed by atoms with Gasteiger partial charge in [0, 0.05) is 12.3 Å². The number of hydrogen-bond acceptors (Lipinski definition) is 3. The van der Waals surface area contributed by atoms with E-state index in [2.05, 4.69) is 9.97 Å². The molecule has 4 heteroatoms. The largest absolute Gasteiger partial charge is 0.385 e. The summed E-state index contributed by atoms with van der Waals surface area (Å²) >= 11 is 0. The van der Waals surface area contributed by atoms with Crippen molar-refractivity contribution in [1.29, 1.82) is 0 Å². The summed E-state index contributed by atoms with van der Waals surface area (Å²) in [5.41, 5.74) is -0.245. The quantitative estimate of drug-likeness (QED) is 0.568. The Hall–Kier alpha value is -1.16. The first-order valence-electron chi connectivity index (χ1n) is 2.93. The molecule has 0 aliphatic heterocycles. The maximum atomic E-state index is 10.6. The molecule has 2 N–H and O–H groups in total. The second kappa shape index (κ2) is 2.62. The molecule has 0 aromatic carbocycles. The molecule has 0 saturated heterocycles. The fraction of sp³-hybridized carbons (Fsp3) is 0.333. The van der Waals surface area contributed by atoms with Gasteiger partial charge in [-0.15, -0.1) is 0 Å². The number of nitrogens with one attached hydrogen (secondary N) is 1.